The van der Waals surface area contributed by atoms with E-state index in [9.17, 15) is 18.7 Å². The normalized spacial score (nSPS) is 14.6. The van der Waals surface area contributed by atoms with Gasteiger partial charge in [-0.05, 0) is 54.8 Å². The third-order valence-corrected chi connectivity index (χ3v) is 7.32. The van der Waals surface area contributed by atoms with E-state index in [4.69, 9.17) is 9.47 Å². The topological polar surface area (TPSA) is 86.5 Å². The van der Waals surface area contributed by atoms with Crippen LogP contribution in [0.25, 0.3) is 22.3 Å². The Morgan fingerprint density at radius 3 is 2.50 bits per heavy atom. The molecule has 1 aliphatic rings. The van der Waals surface area contributed by atoms with E-state index in [-0.39, 0.29) is 41.9 Å². The number of ether oxygens (including phenoxy) is 2. The minimum absolute atomic E-state index is 0.00266. The number of aryl methyl sites for hydroxylation is 1. The molecule has 2 aromatic heterocycles. The van der Waals surface area contributed by atoms with Crippen molar-refractivity contribution >= 4 is 17.0 Å². The predicted octanol–water partition coefficient (Wildman–Crippen LogP) is 6.48. The van der Waals surface area contributed by atoms with E-state index in [0.717, 1.165) is 18.1 Å². The highest BCUT2D eigenvalue weighted by molar-refractivity contribution is 5.92. The van der Waals surface area contributed by atoms with Crippen LogP contribution in [0.4, 0.5) is 13.2 Å². The first-order valence-corrected chi connectivity index (χ1v) is 13.4. The molecule has 1 aliphatic heterocycles. The molecule has 1 saturated heterocycles. The van der Waals surface area contributed by atoms with E-state index in [0.29, 0.717) is 46.9 Å². The second-order valence-corrected chi connectivity index (χ2v) is 10.3. The number of imidazole rings is 1. The maximum absolute atomic E-state index is 15.4. The number of nitrogens with zero attached hydrogens (tertiary/aromatic N) is 3. The van der Waals surface area contributed by atoms with Gasteiger partial charge in [-0.25, -0.2) is 27.9 Å². The molecule has 0 saturated carbocycles. The lowest BCUT2D eigenvalue weighted by Gasteiger charge is -2.27. The van der Waals surface area contributed by atoms with Gasteiger partial charge < -0.3 is 19.1 Å². The van der Waals surface area contributed by atoms with Gasteiger partial charge in [-0.15, -0.1) is 0 Å². The van der Waals surface area contributed by atoms with E-state index in [1.165, 1.54) is 18.2 Å². The molecule has 7 nitrogen and oxygen atoms in total. The third kappa shape index (κ3) is 5.58. The van der Waals surface area contributed by atoms with Crippen LogP contribution in [-0.4, -0.2) is 38.3 Å². The number of halogens is 3. The minimum atomic E-state index is -1.25. The van der Waals surface area contributed by atoms with Gasteiger partial charge in [0.05, 0.1) is 29.4 Å². The minimum Gasteiger partial charge on any atom is -0.478 e. The number of carbonyl (C=O) groups is 1. The van der Waals surface area contributed by atoms with Crippen LogP contribution >= 0.6 is 0 Å². The summed E-state index contributed by atoms with van der Waals surface area (Å²) < 4.78 is 57.4. The summed E-state index contributed by atoms with van der Waals surface area (Å²) >= 11 is 0. The van der Waals surface area contributed by atoms with Gasteiger partial charge in [-0.1, -0.05) is 30.3 Å². The Balaban J connectivity index is 1.25. The van der Waals surface area contributed by atoms with Crippen molar-refractivity contribution in [2.24, 2.45) is 0 Å². The molecule has 3 heterocycles. The molecular formula is C32H26F3N3O4. The molecule has 0 amide bonds. The number of aromatic nitrogens is 3. The number of aromatic carboxylic acids is 1. The van der Waals surface area contributed by atoms with Crippen LogP contribution in [0, 0.1) is 24.4 Å². The molecule has 0 spiro atoms. The summed E-state index contributed by atoms with van der Waals surface area (Å²) in [6, 6.07) is 17.0. The Morgan fingerprint density at radius 2 is 1.79 bits per heavy atom. The molecule has 5 aromatic rings. The summed E-state index contributed by atoms with van der Waals surface area (Å²) in [7, 11) is 0. The Morgan fingerprint density at radius 1 is 1.00 bits per heavy atom. The van der Waals surface area contributed by atoms with Gasteiger partial charge in [0, 0.05) is 30.2 Å². The van der Waals surface area contributed by atoms with E-state index in [1.54, 1.807) is 54.0 Å². The number of carboxylic acid groups (broad SMARTS) is 1. The molecule has 1 N–H and O–H groups in total. The van der Waals surface area contributed by atoms with Crippen LogP contribution in [0.15, 0.2) is 66.7 Å². The molecule has 0 radical (unpaired) electrons. The highest BCUT2D eigenvalue weighted by atomic mass is 19.1. The first-order chi connectivity index (χ1) is 20.2. The van der Waals surface area contributed by atoms with Gasteiger partial charge in [0.2, 0.25) is 5.88 Å². The fraction of sp³-hybridized carbons (Fsp3) is 0.219. The van der Waals surface area contributed by atoms with Gasteiger partial charge >= 0.3 is 5.97 Å². The fourth-order valence-electron chi connectivity index (χ4n) is 4.92. The zero-order valence-electron chi connectivity index (χ0n) is 22.6. The summed E-state index contributed by atoms with van der Waals surface area (Å²) in [6.07, 6.45) is 0.737. The molecule has 1 fully saturated rings. The molecule has 214 valence electrons. The summed E-state index contributed by atoms with van der Waals surface area (Å²) in [4.78, 5) is 20.4. The maximum atomic E-state index is 15.4. The molecule has 6 rings (SSSR count). The second kappa shape index (κ2) is 11.3. The summed E-state index contributed by atoms with van der Waals surface area (Å²) in [6.45, 7) is 2.76. The van der Waals surface area contributed by atoms with Crippen molar-refractivity contribution in [1.29, 1.82) is 0 Å². The zero-order chi connectivity index (χ0) is 29.4. The monoisotopic (exact) mass is 573 g/mol. The van der Waals surface area contributed by atoms with Gasteiger partial charge in [-0.3, -0.25) is 0 Å². The van der Waals surface area contributed by atoms with Crippen LogP contribution in [0.2, 0.25) is 0 Å². The fourth-order valence-corrected chi connectivity index (χ4v) is 4.92. The number of hydrogen-bond acceptors (Lipinski definition) is 5. The molecule has 1 atom stereocenters. The van der Waals surface area contributed by atoms with Crippen molar-refractivity contribution in [2.45, 2.75) is 39.0 Å². The number of hydrogen-bond donors (Lipinski definition) is 1. The van der Waals surface area contributed by atoms with Crippen LogP contribution < -0.4 is 4.74 Å². The lowest BCUT2D eigenvalue weighted by molar-refractivity contribution is -0.0589. The number of carboxylic acids is 1. The molecule has 3 aromatic carbocycles. The van der Waals surface area contributed by atoms with Crippen molar-refractivity contribution in [3.8, 4) is 17.1 Å². The smallest absolute Gasteiger partial charge is 0.335 e. The van der Waals surface area contributed by atoms with Crippen LogP contribution in [0.3, 0.4) is 0 Å². The first kappa shape index (κ1) is 27.5. The maximum Gasteiger partial charge on any atom is 0.335 e. The Bertz CT molecular complexity index is 1820. The SMILES string of the molecule is Cc1ccc(COc2cccc(-c3ccc(Cc4nc5c(F)cc(C(=O)O)cc5n4C[C@@H]4CCO4)c(F)c3)n2)c(F)c1. The van der Waals surface area contributed by atoms with Gasteiger partial charge in [0.15, 0.2) is 5.82 Å². The van der Waals surface area contributed by atoms with E-state index < -0.39 is 17.6 Å². The number of pyridine rings is 1. The molecule has 42 heavy (non-hydrogen) atoms. The van der Waals surface area contributed by atoms with Crippen molar-refractivity contribution < 1.29 is 32.5 Å². The Kier molecular flexibility index (Phi) is 7.38. The quantitative estimate of drug-likeness (QED) is 0.217. The summed E-state index contributed by atoms with van der Waals surface area (Å²) in [5, 5.41) is 9.42. The highest BCUT2D eigenvalue weighted by Gasteiger charge is 2.24. The van der Waals surface area contributed by atoms with Gasteiger partial charge in [0.25, 0.3) is 0 Å². The van der Waals surface area contributed by atoms with Crippen molar-refractivity contribution in [1.82, 2.24) is 14.5 Å². The number of rotatable bonds is 9. The van der Waals surface area contributed by atoms with Crippen molar-refractivity contribution in [2.75, 3.05) is 6.61 Å². The van der Waals surface area contributed by atoms with E-state index >= 15 is 4.39 Å². The molecule has 0 aliphatic carbocycles. The molecule has 10 heteroatoms. The van der Waals surface area contributed by atoms with Crippen LogP contribution in [0.1, 0.15) is 39.3 Å². The highest BCUT2D eigenvalue weighted by Crippen LogP contribution is 2.28. The van der Waals surface area contributed by atoms with E-state index in [1.807, 2.05) is 0 Å². The van der Waals surface area contributed by atoms with Crippen molar-refractivity contribution in [3.63, 3.8) is 0 Å². The average Bonchev–Trinajstić information content (AvgIpc) is 3.28. The second-order valence-electron chi connectivity index (χ2n) is 10.3. The lowest BCUT2D eigenvalue weighted by atomic mass is 10.1. The van der Waals surface area contributed by atoms with Crippen LogP contribution in [0.5, 0.6) is 5.88 Å². The number of benzene rings is 3. The zero-order valence-corrected chi connectivity index (χ0v) is 22.6. The number of fused-ring (bicyclic) bond motifs is 1. The van der Waals surface area contributed by atoms with Gasteiger partial charge in [0.1, 0.15) is 29.6 Å². The summed E-state index contributed by atoms with van der Waals surface area (Å²) in [5.74, 6) is -2.21. The Hall–Kier alpha value is -4.70. The third-order valence-electron chi connectivity index (χ3n) is 7.32. The van der Waals surface area contributed by atoms with Crippen LogP contribution in [-0.2, 0) is 24.3 Å². The lowest BCUT2D eigenvalue weighted by Crippen LogP contribution is -2.31. The predicted molar refractivity (Wildman–Crippen MR) is 149 cm³/mol. The first-order valence-electron chi connectivity index (χ1n) is 13.4. The average molecular weight is 574 g/mol. The van der Waals surface area contributed by atoms with E-state index in [2.05, 4.69) is 9.97 Å². The molecule has 0 bridgehead atoms. The van der Waals surface area contributed by atoms with Gasteiger partial charge in [-0.2, -0.15) is 0 Å². The summed E-state index contributed by atoms with van der Waals surface area (Å²) in [5.41, 5.74) is 2.67. The molecular weight excluding hydrogens is 547 g/mol. The van der Waals surface area contributed by atoms with Crippen molar-refractivity contribution in [3.05, 3.63) is 112 Å². The largest absolute Gasteiger partial charge is 0.478 e. The Labute approximate surface area is 239 Å². The molecule has 0 unspecified atom stereocenters. The standard InChI is InChI=1S/C32H26F3N3O4/c1-18-5-6-21(24(33)11-18)17-42-30-4-2-3-27(36-30)20-8-7-19(25(34)12-20)15-29-37-31-26(35)13-22(32(39)40)14-28(31)38(29)16-23-9-10-41-23/h2-8,11-14,23H,9-10,15-17H2,1H3,(H,39,40)/t23-/m0/s1.